The van der Waals surface area contributed by atoms with Crippen LogP contribution in [-0.4, -0.2) is 62.4 Å². The molecule has 0 radical (unpaired) electrons. The summed E-state index contributed by atoms with van der Waals surface area (Å²) in [6.07, 6.45) is 28.1. The summed E-state index contributed by atoms with van der Waals surface area (Å²) in [6, 6.07) is 18.6. The van der Waals surface area contributed by atoms with Gasteiger partial charge in [0.15, 0.2) is 0 Å². The number of ether oxygens (including phenoxy) is 3. The van der Waals surface area contributed by atoms with Gasteiger partial charge < -0.3 is 29.3 Å². The van der Waals surface area contributed by atoms with Gasteiger partial charge in [0.2, 0.25) is 5.79 Å². The lowest BCUT2D eigenvalue weighted by Crippen LogP contribution is -2.64. The van der Waals surface area contributed by atoms with Crippen LogP contribution in [0.1, 0.15) is 170 Å². The number of fused-ring (bicyclic) bond motifs is 2. The molecule has 1 aliphatic heterocycles. The van der Waals surface area contributed by atoms with Gasteiger partial charge in [0.05, 0.1) is 34.1 Å². The van der Waals surface area contributed by atoms with E-state index >= 15 is 0 Å². The minimum Gasteiger partial charge on any atom is -0.487 e. The molecule has 0 saturated heterocycles. The molecule has 3 aliphatic rings. The van der Waals surface area contributed by atoms with Crippen molar-refractivity contribution in [3.63, 3.8) is 0 Å². The smallest absolute Gasteiger partial charge is 0.269 e. The number of pyridine rings is 1. The number of oxime groups is 1. The second kappa shape index (κ2) is 29.2. The lowest BCUT2D eigenvalue weighted by Gasteiger charge is -2.58. The average Bonchev–Trinajstić information content (AvgIpc) is 3.35. The van der Waals surface area contributed by atoms with E-state index in [9.17, 15) is 20.3 Å². The molecule has 2 heterocycles. The Hall–Kier alpha value is -4.23. The number of hydrogen-bond donors (Lipinski definition) is 2. The Labute approximate surface area is 417 Å². The molecule has 1 saturated carbocycles. The zero-order chi connectivity index (χ0) is 48.7. The summed E-state index contributed by atoms with van der Waals surface area (Å²) in [5, 5.41) is 36.2. The van der Waals surface area contributed by atoms with Crippen molar-refractivity contribution < 1.29 is 34.2 Å². The second-order valence-corrected chi connectivity index (χ2v) is 20.8. The number of rotatable bonds is 34. The quantitative estimate of drug-likeness (QED) is 0.0257. The predicted molar refractivity (Wildman–Crippen MR) is 279 cm³/mol. The van der Waals surface area contributed by atoms with Crippen LogP contribution in [0.3, 0.4) is 0 Å². The SMILES string of the molecule is C=CCO[C@@]12Oc3ccc(OCc4cccc(C)n4)cc3[C@H]3[C@H](CCCCO)[C@@H](CCCCO)C=C(C(=NOCc4ccc([N+](=O)[O-])cc4)C[C@@H]1SCCCCCCCCCCCCCCCC)[C@H]32. The summed E-state index contributed by atoms with van der Waals surface area (Å²) in [7, 11) is 0. The highest BCUT2D eigenvalue weighted by atomic mass is 32.2. The molecule has 1 aromatic heterocycles. The van der Waals surface area contributed by atoms with Crippen molar-refractivity contribution in [3.8, 4) is 11.5 Å². The number of benzene rings is 2. The van der Waals surface area contributed by atoms with Crippen LogP contribution in [-0.2, 0) is 22.8 Å². The summed E-state index contributed by atoms with van der Waals surface area (Å²) in [5.74, 6) is 1.45. The second-order valence-electron chi connectivity index (χ2n) is 19.5. The third-order valence-corrected chi connectivity index (χ3v) is 15.7. The Morgan fingerprint density at radius 3 is 2.20 bits per heavy atom. The van der Waals surface area contributed by atoms with Crippen molar-refractivity contribution >= 4 is 23.2 Å². The summed E-state index contributed by atoms with van der Waals surface area (Å²) >= 11 is 1.91. The van der Waals surface area contributed by atoms with Gasteiger partial charge in [0.1, 0.15) is 24.7 Å². The van der Waals surface area contributed by atoms with Gasteiger partial charge in [0, 0.05) is 48.9 Å². The van der Waals surface area contributed by atoms with Crippen molar-refractivity contribution in [1.29, 1.82) is 0 Å². The summed E-state index contributed by atoms with van der Waals surface area (Å²) in [5.41, 5.74) is 5.62. The molecule has 2 N–H and O–H groups in total. The first-order valence-corrected chi connectivity index (χ1v) is 27.5. The highest BCUT2D eigenvalue weighted by molar-refractivity contribution is 8.00. The van der Waals surface area contributed by atoms with E-state index in [0.29, 0.717) is 32.5 Å². The molecule has 0 amide bonds. The molecule has 69 heavy (non-hydrogen) atoms. The van der Waals surface area contributed by atoms with Gasteiger partial charge in [-0.1, -0.05) is 127 Å². The number of aromatic nitrogens is 1. The summed E-state index contributed by atoms with van der Waals surface area (Å²) in [4.78, 5) is 21.9. The fourth-order valence-electron chi connectivity index (χ4n) is 10.8. The lowest BCUT2D eigenvalue weighted by atomic mass is 9.56. The highest BCUT2D eigenvalue weighted by Gasteiger charge is 2.64. The first kappa shape index (κ1) is 54.1. The van der Waals surface area contributed by atoms with E-state index in [1.165, 1.54) is 95.6 Å². The number of unbranched alkanes of at least 4 members (excludes halogenated alkanes) is 15. The molecule has 2 aromatic carbocycles. The summed E-state index contributed by atoms with van der Waals surface area (Å²) in [6.45, 7) is 9.43. The third kappa shape index (κ3) is 15.6. The minimum absolute atomic E-state index is 0.0315. The number of nitrogens with zero attached hydrogens (tertiary/aromatic N) is 3. The number of aliphatic hydroxyl groups is 2. The number of nitro groups is 1. The standard InChI is InChI=1S/C57H81N3O8S/c1-4-6-7-8-9-10-11-12-13-14-15-16-17-22-37-69-54-40-52(59-67-41-44-28-30-47(31-29-44)60(63)64)50-38-45(25-18-20-34-61)49(27-19-21-35-62)55-51-39-48(65-42-46-26-23-24-43(3)58-46)32-33-53(51)68-57(54,56(50)55)66-36-5-2/h5,23-24,26,28-33,38-39,45,49,54-56,61-62H,2,4,6-22,25,27,34-37,40-42H2,1,3H3/t45-,49+,54-,55+,56+,57+/m0/s1. The Kier molecular flexibility index (Phi) is 22.9. The van der Waals surface area contributed by atoms with Gasteiger partial charge in [-0.3, -0.25) is 15.1 Å². The predicted octanol–water partition coefficient (Wildman–Crippen LogP) is 13.9. The van der Waals surface area contributed by atoms with E-state index in [4.69, 9.17) is 24.2 Å². The van der Waals surface area contributed by atoms with E-state index in [-0.39, 0.29) is 54.4 Å². The van der Waals surface area contributed by atoms with E-state index < -0.39 is 10.7 Å². The zero-order valence-electron chi connectivity index (χ0n) is 41.7. The van der Waals surface area contributed by atoms with Crippen LogP contribution >= 0.6 is 11.8 Å². The number of allylic oxidation sites excluding steroid dienone is 1. The van der Waals surface area contributed by atoms with Crippen LogP contribution in [0.5, 0.6) is 11.5 Å². The first-order chi connectivity index (χ1) is 33.8. The number of aliphatic hydroxyl groups excluding tert-OH is 2. The maximum Gasteiger partial charge on any atom is 0.269 e. The van der Waals surface area contributed by atoms with Gasteiger partial charge in [-0.15, -0.1) is 6.58 Å². The number of hydrogen-bond acceptors (Lipinski definition) is 11. The molecule has 0 unspecified atom stereocenters. The van der Waals surface area contributed by atoms with Crippen LogP contribution in [0, 0.1) is 34.8 Å². The molecule has 6 atom stereocenters. The van der Waals surface area contributed by atoms with Crippen molar-refractivity contribution in [2.24, 2.45) is 22.9 Å². The van der Waals surface area contributed by atoms with Crippen molar-refractivity contribution in [2.45, 2.75) is 179 Å². The molecular weight excluding hydrogens is 887 g/mol. The van der Waals surface area contributed by atoms with Gasteiger partial charge in [-0.05, 0) is 110 Å². The fourth-order valence-corrected chi connectivity index (χ4v) is 12.2. The Morgan fingerprint density at radius 1 is 0.870 bits per heavy atom. The normalized spacial score (nSPS) is 22.1. The van der Waals surface area contributed by atoms with Crippen molar-refractivity contribution in [2.75, 3.05) is 25.6 Å². The third-order valence-electron chi connectivity index (χ3n) is 14.3. The van der Waals surface area contributed by atoms with E-state index in [2.05, 4.69) is 36.7 Å². The summed E-state index contributed by atoms with van der Waals surface area (Å²) < 4.78 is 21.1. The van der Waals surface area contributed by atoms with Crippen LogP contribution < -0.4 is 9.47 Å². The number of aryl methyl sites for hydroxylation is 1. The van der Waals surface area contributed by atoms with E-state index in [0.717, 1.165) is 83.2 Å². The van der Waals surface area contributed by atoms with Gasteiger partial charge in [0.25, 0.3) is 5.69 Å². The molecule has 0 bridgehead atoms. The molecular formula is C57H81N3O8S. The largest absolute Gasteiger partial charge is 0.487 e. The Balaban J connectivity index is 1.30. The Morgan fingerprint density at radius 2 is 1.55 bits per heavy atom. The number of nitro benzene ring substituents is 1. The van der Waals surface area contributed by atoms with E-state index in [1.807, 2.05) is 49.0 Å². The van der Waals surface area contributed by atoms with Crippen LogP contribution in [0.25, 0.3) is 0 Å². The average molecular weight is 968 g/mol. The minimum atomic E-state index is -1.05. The van der Waals surface area contributed by atoms with Crippen LogP contribution in [0.4, 0.5) is 5.69 Å². The maximum atomic E-state index is 11.4. The lowest BCUT2D eigenvalue weighted by molar-refractivity contribution is -0.384. The zero-order valence-corrected chi connectivity index (χ0v) is 42.5. The van der Waals surface area contributed by atoms with Crippen LogP contribution in [0.15, 0.2) is 90.1 Å². The highest BCUT2D eigenvalue weighted by Crippen LogP contribution is 2.62. The topological polar surface area (TPSA) is 146 Å². The van der Waals surface area contributed by atoms with Gasteiger partial charge >= 0.3 is 0 Å². The number of thioether (sulfide) groups is 1. The molecule has 378 valence electrons. The maximum absolute atomic E-state index is 11.4. The first-order valence-electron chi connectivity index (χ1n) is 26.4. The molecule has 12 heteroatoms. The number of non-ortho nitro benzene ring substituents is 1. The van der Waals surface area contributed by atoms with Gasteiger partial charge in [-0.25, -0.2) is 0 Å². The van der Waals surface area contributed by atoms with Crippen molar-refractivity contribution in [3.05, 3.63) is 118 Å². The Bertz CT molecular complexity index is 2080. The van der Waals surface area contributed by atoms with Crippen LogP contribution in [0.2, 0.25) is 0 Å². The molecule has 6 rings (SSSR count). The molecule has 3 aromatic rings. The molecule has 0 spiro atoms. The fraction of sp³-hybridized carbons (Fsp3) is 0.614. The molecule has 11 nitrogen and oxygen atoms in total. The van der Waals surface area contributed by atoms with Crippen molar-refractivity contribution in [1.82, 2.24) is 4.98 Å². The molecule has 1 fully saturated rings. The monoisotopic (exact) mass is 968 g/mol. The van der Waals surface area contributed by atoms with E-state index in [1.54, 1.807) is 12.1 Å². The van der Waals surface area contributed by atoms with Gasteiger partial charge in [-0.2, -0.15) is 11.8 Å². The molecule has 2 aliphatic carbocycles.